The molecule has 24 heavy (non-hydrogen) atoms. The largest absolute Gasteiger partial charge is 0.494 e. The molecule has 0 spiro atoms. The Kier molecular flexibility index (Phi) is 7.01. The molecule has 0 aliphatic heterocycles. The zero-order chi connectivity index (χ0) is 17.2. The van der Waals surface area contributed by atoms with Crippen molar-refractivity contribution in [1.82, 2.24) is 9.97 Å². The summed E-state index contributed by atoms with van der Waals surface area (Å²) in [4.78, 5) is 18.1. The second kappa shape index (κ2) is 9.50. The summed E-state index contributed by atoms with van der Waals surface area (Å²) < 4.78 is 5.75. The molecule has 0 aliphatic rings. The summed E-state index contributed by atoms with van der Waals surface area (Å²) in [5.74, 6) is 1.15. The number of H-pyrrole nitrogens is 1. The molecule has 0 aliphatic carbocycles. The Hall–Kier alpha value is -2.63. The summed E-state index contributed by atoms with van der Waals surface area (Å²) in [6.45, 7) is 4.68. The molecular weight excluding hydrogens is 304 g/mol. The Labute approximate surface area is 142 Å². The lowest BCUT2D eigenvalue weighted by Crippen LogP contribution is -2.10. The Morgan fingerprint density at radius 3 is 2.96 bits per heavy atom. The van der Waals surface area contributed by atoms with Crippen LogP contribution in [0.1, 0.15) is 43.9 Å². The van der Waals surface area contributed by atoms with Crippen molar-refractivity contribution in [3.63, 3.8) is 0 Å². The van der Waals surface area contributed by atoms with Gasteiger partial charge in [-0.3, -0.25) is 9.78 Å². The highest BCUT2D eigenvalue weighted by atomic mass is 16.5. The SMILES string of the molecule is CCCCCCOc1cccc(/C=N/Nc2nc(C)cc(=O)[nH]2)c1. The van der Waals surface area contributed by atoms with Crippen molar-refractivity contribution in [3.8, 4) is 5.75 Å². The average Bonchev–Trinajstić information content (AvgIpc) is 2.54. The molecule has 0 radical (unpaired) electrons. The second-order valence-electron chi connectivity index (χ2n) is 5.59. The number of hydrogen-bond acceptors (Lipinski definition) is 5. The minimum Gasteiger partial charge on any atom is -0.494 e. The first-order chi connectivity index (χ1) is 11.7. The number of nitrogens with one attached hydrogen (secondary N) is 2. The molecule has 0 saturated heterocycles. The van der Waals surface area contributed by atoms with E-state index in [1.54, 1.807) is 13.1 Å². The zero-order valence-electron chi connectivity index (χ0n) is 14.2. The molecule has 2 aromatic rings. The number of anilines is 1. The summed E-state index contributed by atoms with van der Waals surface area (Å²) in [5, 5.41) is 4.09. The van der Waals surface area contributed by atoms with Gasteiger partial charge in [-0.05, 0) is 31.0 Å². The highest BCUT2D eigenvalue weighted by Gasteiger charge is 1.97. The molecule has 0 saturated carbocycles. The number of unbranched alkanes of at least 4 members (excludes halogenated alkanes) is 3. The first kappa shape index (κ1) is 17.7. The van der Waals surface area contributed by atoms with Gasteiger partial charge >= 0.3 is 0 Å². The van der Waals surface area contributed by atoms with Gasteiger partial charge in [-0.15, -0.1) is 0 Å². The van der Waals surface area contributed by atoms with E-state index in [9.17, 15) is 4.79 Å². The van der Waals surface area contributed by atoms with E-state index in [1.165, 1.54) is 25.3 Å². The lowest BCUT2D eigenvalue weighted by atomic mass is 10.2. The van der Waals surface area contributed by atoms with Crippen LogP contribution in [-0.4, -0.2) is 22.8 Å². The summed E-state index contributed by atoms with van der Waals surface area (Å²) in [6, 6.07) is 9.15. The zero-order valence-corrected chi connectivity index (χ0v) is 14.2. The van der Waals surface area contributed by atoms with Crippen LogP contribution in [0.2, 0.25) is 0 Å². The van der Waals surface area contributed by atoms with E-state index in [2.05, 4.69) is 27.4 Å². The van der Waals surface area contributed by atoms with E-state index >= 15 is 0 Å². The Morgan fingerprint density at radius 2 is 2.17 bits per heavy atom. The summed E-state index contributed by atoms with van der Waals surface area (Å²) in [7, 11) is 0. The van der Waals surface area contributed by atoms with Gasteiger partial charge in [-0.2, -0.15) is 5.10 Å². The molecule has 128 valence electrons. The highest BCUT2D eigenvalue weighted by molar-refractivity contribution is 5.80. The number of nitrogens with zero attached hydrogens (tertiary/aromatic N) is 2. The van der Waals surface area contributed by atoms with Crippen LogP contribution in [0.4, 0.5) is 5.95 Å². The van der Waals surface area contributed by atoms with Gasteiger partial charge in [0.2, 0.25) is 5.95 Å². The normalized spacial score (nSPS) is 10.9. The maximum atomic E-state index is 11.4. The monoisotopic (exact) mass is 328 g/mol. The van der Waals surface area contributed by atoms with Gasteiger partial charge in [0.1, 0.15) is 5.75 Å². The number of rotatable bonds is 9. The Balaban J connectivity index is 1.87. The fourth-order valence-corrected chi connectivity index (χ4v) is 2.20. The van der Waals surface area contributed by atoms with Gasteiger partial charge in [-0.1, -0.05) is 38.3 Å². The number of hydrazone groups is 1. The highest BCUT2D eigenvalue weighted by Crippen LogP contribution is 2.13. The van der Waals surface area contributed by atoms with E-state index < -0.39 is 0 Å². The molecule has 2 rings (SSSR count). The molecular formula is C18H24N4O2. The lowest BCUT2D eigenvalue weighted by molar-refractivity contribution is 0.305. The number of aryl methyl sites for hydroxylation is 1. The van der Waals surface area contributed by atoms with Crippen LogP contribution in [0.15, 0.2) is 40.2 Å². The van der Waals surface area contributed by atoms with Gasteiger partial charge in [0.05, 0.1) is 12.8 Å². The third kappa shape index (κ3) is 6.24. The van der Waals surface area contributed by atoms with Gasteiger partial charge in [0.25, 0.3) is 5.56 Å². The van der Waals surface area contributed by atoms with E-state index in [0.29, 0.717) is 11.6 Å². The van der Waals surface area contributed by atoms with Crippen molar-refractivity contribution in [2.75, 3.05) is 12.0 Å². The third-order valence-electron chi connectivity index (χ3n) is 3.38. The quantitative estimate of drug-likeness (QED) is 0.419. The predicted octanol–water partition coefficient (Wildman–Crippen LogP) is 3.48. The molecule has 1 aromatic carbocycles. The van der Waals surface area contributed by atoms with Crippen LogP contribution < -0.4 is 15.7 Å². The van der Waals surface area contributed by atoms with Crippen LogP contribution >= 0.6 is 0 Å². The predicted molar refractivity (Wildman–Crippen MR) is 96.9 cm³/mol. The summed E-state index contributed by atoms with van der Waals surface area (Å²) in [6.07, 6.45) is 6.40. The van der Waals surface area contributed by atoms with Crippen molar-refractivity contribution in [2.45, 2.75) is 39.5 Å². The Bertz CT molecular complexity index is 725. The van der Waals surface area contributed by atoms with Gasteiger partial charge < -0.3 is 4.74 Å². The molecule has 0 atom stereocenters. The van der Waals surface area contributed by atoms with E-state index in [0.717, 1.165) is 24.3 Å². The summed E-state index contributed by atoms with van der Waals surface area (Å²) >= 11 is 0. The van der Waals surface area contributed by atoms with Crippen LogP contribution in [0.5, 0.6) is 5.75 Å². The van der Waals surface area contributed by atoms with Crippen molar-refractivity contribution >= 4 is 12.2 Å². The minimum absolute atomic E-state index is 0.210. The molecule has 1 heterocycles. The van der Waals surface area contributed by atoms with Crippen LogP contribution in [-0.2, 0) is 0 Å². The van der Waals surface area contributed by atoms with Crippen LogP contribution in [0, 0.1) is 6.92 Å². The summed E-state index contributed by atoms with van der Waals surface area (Å²) in [5.41, 5.74) is 4.05. The average molecular weight is 328 g/mol. The van der Waals surface area contributed by atoms with Gasteiger partial charge in [-0.25, -0.2) is 10.4 Å². The molecule has 0 amide bonds. The fourth-order valence-electron chi connectivity index (χ4n) is 2.20. The lowest BCUT2D eigenvalue weighted by Gasteiger charge is -2.06. The van der Waals surface area contributed by atoms with Crippen LogP contribution in [0.25, 0.3) is 0 Å². The standard InChI is InChI=1S/C18H24N4O2/c1-3-4-5-6-10-24-16-9-7-8-15(12-16)13-19-22-18-20-14(2)11-17(23)21-18/h7-9,11-13H,3-6,10H2,1-2H3,(H2,20,21,22,23)/b19-13+. The number of ether oxygens (including phenoxy) is 1. The van der Waals surface area contributed by atoms with Crippen molar-refractivity contribution in [2.24, 2.45) is 5.10 Å². The topological polar surface area (TPSA) is 79.4 Å². The Morgan fingerprint density at radius 1 is 1.29 bits per heavy atom. The second-order valence-corrected chi connectivity index (χ2v) is 5.59. The molecule has 2 N–H and O–H groups in total. The van der Waals surface area contributed by atoms with Crippen molar-refractivity contribution < 1.29 is 4.74 Å². The van der Waals surface area contributed by atoms with Crippen molar-refractivity contribution in [3.05, 3.63) is 51.9 Å². The third-order valence-corrected chi connectivity index (χ3v) is 3.38. The number of hydrogen-bond donors (Lipinski definition) is 2. The van der Waals surface area contributed by atoms with E-state index in [1.807, 2.05) is 24.3 Å². The molecule has 1 aromatic heterocycles. The van der Waals surface area contributed by atoms with E-state index in [-0.39, 0.29) is 5.56 Å². The van der Waals surface area contributed by atoms with E-state index in [4.69, 9.17) is 4.74 Å². The van der Waals surface area contributed by atoms with Crippen molar-refractivity contribution in [1.29, 1.82) is 0 Å². The van der Waals surface area contributed by atoms with Gasteiger partial charge in [0, 0.05) is 11.8 Å². The number of benzene rings is 1. The minimum atomic E-state index is -0.210. The number of aromatic amines is 1. The first-order valence-electron chi connectivity index (χ1n) is 8.27. The molecule has 0 fully saturated rings. The van der Waals surface area contributed by atoms with Gasteiger partial charge in [0.15, 0.2) is 0 Å². The maximum absolute atomic E-state index is 11.4. The maximum Gasteiger partial charge on any atom is 0.252 e. The molecule has 6 nitrogen and oxygen atoms in total. The first-order valence-corrected chi connectivity index (χ1v) is 8.27. The van der Waals surface area contributed by atoms with Crippen LogP contribution in [0.3, 0.4) is 0 Å². The number of aromatic nitrogens is 2. The fraction of sp³-hybridized carbons (Fsp3) is 0.389. The smallest absolute Gasteiger partial charge is 0.252 e. The molecule has 6 heteroatoms. The molecule has 0 unspecified atom stereocenters. The molecule has 0 bridgehead atoms.